The van der Waals surface area contributed by atoms with Gasteiger partial charge in [0.15, 0.2) is 0 Å². The number of pyridine rings is 1. The lowest BCUT2D eigenvalue weighted by molar-refractivity contribution is -0.142. The van der Waals surface area contributed by atoms with Crippen molar-refractivity contribution in [3.05, 3.63) is 23.9 Å². The van der Waals surface area contributed by atoms with Crippen LogP contribution in [0.3, 0.4) is 0 Å². The SMILES string of the molecule is CCSCc1ccnc(NC2CCC(C(=O)O)CC2)c1. The minimum atomic E-state index is -0.653. The second-order valence-corrected chi connectivity index (χ2v) is 6.49. The highest BCUT2D eigenvalue weighted by Gasteiger charge is 2.25. The second kappa shape index (κ2) is 7.53. The summed E-state index contributed by atoms with van der Waals surface area (Å²) in [5.74, 6) is 2.23. The van der Waals surface area contributed by atoms with Gasteiger partial charge in [-0.25, -0.2) is 4.98 Å². The first-order valence-electron chi connectivity index (χ1n) is 7.21. The molecule has 1 aliphatic carbocycles. The van der Waals surface area contributed by atoms with Crippen LogP contribution in [0.4, 0.5) is 5.82 Å². The number of thioether (sulfide) groups is 1. The first kappa shape index (κ1) is 15.2. The Hall–Kier alpha value is -1.23. The van der Waals surface area contributed by atoms with Crippen LogP contribution in [0.25, 0.3) is 0 Å². The van der Waals surface area contributed by atoms with Crippen molar-refractivity contribution in [3.63, 3.8) is 0 Å². The third-order valence-corrected chi connectivity index (χ3v) is 4.67. The molecule has 0 amide bonds. The van der Waals surface area contributed by atoms with Crippen LogP contribution in [-0.2, 0) is 10.5 Å². The first-order chi connectivity index (χ1) is 9.69. The Labute approximate surface area is 124 Å². The Morgan fingerprint density at radius 1 is 1.45 bits per heavy atom. The number of rotatable bonds is 6. The molecule has 0 radical (unpaired) electrons. The molecule has 1 aromatic heterocycles. The molecule has 5 heteroatoms. The van der Waals surface area contributed by atoms with E-state index in [1.165, 1.54) is 5.56 Å². The van der Waals surface area contributed by atoms with Crippen molar-refractivity contribution in [3.8, 4) is 0 Å². The van der Waals surface area contributed by atoms with Gasteiger partial charge in [-0.1, -0.05) is 6.92 Å². The van der Waals surface area contributed by atoms with Crippen LogP contribution >= 0.6 is 11.8 Å². The highest BCUT2D eigenvalue weighted by Crippen LogP contribution is 2.26. The van der Waals surface area contributed by atoms with E-state index < -0.39 is 5.97 Å². The third kappa shape index (κ3) is 4.40. The van der Waals surface area contributed by atoms with Gasteiger partial charge in [-0.2, -0.15) is 11.8 Å². The van der Waals surface area contributed by atoms with Gasteiger partial charge in [0.1, 0.15) is 5.82 Å². The molecule has 0 aromatic carbocycles. The fourth-order valence-electron chi connectivity index (χ4n) is 2.56. The van der Waals surface area contributed by atoms with Crippen molar-refractivity contribution in [1.82, 2.24) is 4.98 Å². The lowest BCUT2D eigenvalue weighted by Crippen LogP contribution is -2.29. The fourth-order valence-corrected chi connectivity index (χ4v) is 3.18. The number of hydrogen-bond donors (Lipinski definition) is 2. The molecule has 1 aliphatic rings. The van der Waals surface area contributed by atoms with Gasteiger partial charge in [-0.15, -0.1) is 0 Å². The molecule has 1 heterocycles. The van der Waals surface area contributed by atoms with E-state index in [2.05, 4.69) is 29.4 Å². The zero-order valence-electron chi connectivity index (χ0n) is 11.8. The predicted octanol–water partition coefficient (Wildman–Crippen LogP) is 3.39. The summed E-state index contributed by atoms with van der Waals surface area (Å²) in [7, 11) is 0. The monoisotopic (exact) mass is 294 g/mol. The summed E-state index contributed by atoms with van der Waals surface area (Å²) in [6.45, 7) is 2.16. The standard InChI is InChI=1S/C15H22N2O2S/c1-2-20-10-11-7-8-16-14(9-11)17-13-5-3-12(4-6-13)15(18)19/h7-9,12-13H,2-6,10H2,1H3,(H,16,17)(H,18,19). The summed E-state index contributed by atoms with van der Waals surface area (Å²) >= 11 is 1.90. The molecule has 4 nitrogen and oxygen atoms in total. The fraction of sp³-hybridized carbons (Fsp3) is 0.600. The molecule has 1 aromatic rings. The quantitative estimate of drug-likeness (QED) is 0.842. The average molecular weight is 294 g/mol. The number of aromatic nitrogens is 1. The number of nitrogens with one attached hydrogen (secondary N) is 1. The van der Waals surface area contributed by atoms with Crippen LogP contribution in [0, 0.1) is 5.92 Å². The minimum absolute atomic E-state index is 0.159. The molecule has 0 aliphatic heterocycles. The third-order valence-electron chi connectivity index (χ3n) is 3.73. The Kier molecular flexibility index (Phi) is 5.71. The smallest absolute Gasteiger partial charge is 0.306 e. The average Bonchev–Trinajstić information content (AvgIpc) is 2.46. The maximum atomic E-state index is 10.9. The maximum Gasteiger partial charge on any atom is 0.306 e. The molecular formula is C15H22N2O2S. The number of carboxylic acid groups (broad SMARTS) is 1. The number of nitrogens with zero attached hydrogens (tertiary/aromatic N) is 1. The summed E-state index contributed by atoms with van der Waals surface area (Å²) in [5.41, 5.74) is 1.29. The lowest BCUT2D eigenvalue weighted by atomic mass is 9.86. The lowest BCUT2D eigenvalue weighted by Gasteiger charge is -2.27. The summed E-state index contributed by atoms with van der Waals surface area (Å²) in [4.78, 5) is 15.3. The summed E-state index contributed by atoms with van der Waals surface area (Å²) in [6.07, 6.45) is 5.19. The van der Waals surface area contributed by atoms with E-state index in [0.717, 1.165) is 43.0 Å². The first-order valence-corrected chi connectivity index (χ1v) is 8.36. The molecule has 0 unspecified atom stereocenters. The van der Waals surface area contributed by atoms with Crippen LogP contribution in [0.1, 0.15) is 38.2 Å². The van der Waals surface area contributed by atoms with Crippen LogP contribution in [-0.4, -0.2) is 27.9 Å². The van der Waals surface area contributed by atoms with Crippen molar-refractivity contribution in [2.75, 3.05) is 11.1 Å². The van der Waals surface area contributed by atoms with Crippen LogP contribution in [0.2, 0.25) is 0 Å². The molecule has 110 valence electrons. The molecule has 0 bridgehead atoms. The van der Waals surface area contributed by atoms with Gasteiger partial charge in [-0.3, -0.25) is 4.79 Å². The van der Waals surface area contributed by atoms with E-state index in [-0.39, 0.29) is 5.92 Å². The molecule has 2 N–H and O–H groups in total. The van der Waals surface area contributed by atoms with Gasteiger partial charge in [0.2, 0.25) is 0 Å². The molecule has 1 saturated carbocycles. The van der Waals surface area contributed by atoms with Crippen molar-refractivity contribution in [1.29, 1.82) is 0 Å². The van der Waals surface area contributed by atoms with Crippen LogP contribution in [0.15, 0.2) is 18.3 Å². The largest absolute Gasteiger partial charge is 0.481 e. The van der Waals surface area contributed by atoms with Gasteiger partial charge in [0, 0.05) is 18.0 Å². The molecule has 20 heavy (non-hydrogen) atoms. The van der Waals surface area contributed by atoms with Gasteiger partial charge >= 0.3 is 5.97 Å². The van der Waals surface area contributed by atoms with E-state index in [0.29, 0.717) is 6.04 Å². The molecule has 0 atom stereocenters. The number of carboxylic acids is 1. The molecule has 0 spiro atoms. The summed E-state index contributed by atoms with van der Waals surface area (Å²) in [5, 5.41) is 12.4. The van der Waals surface area contributed by atoms with Gasteiger partial charge < -0.3 is 10.4 Å². The Bertz CT molecular complexity index is 445. The second-order valence-electron chi connectivity index (χ2n) is 5.22. The van der Waals surface area contributed by atoms with Crippen molar-refractivity contribution >= 4 is 23.5 Å². The Morgan fingerprint density at radius 3 is 2.85 bits per heavy atom. The number of aliphatic carboxylic acids is 1. The molecule has 2 rings (SSSR count). The Morgan fingerprint density at radius 2 is 2.20 bits per heavy atom. The molecule has 1 fully saturated rings. The van der Waals surface area contributed by atoms with Crippen molar-refractivity contribution < 1.29 is 9.90 Å². The highest BCUT2D eigenvalue weighted by atomic mass is 32.2. The Balaban J connectivity index is 1.86. The summed E-state index contributed by atoms with van der Waals surface area (Å²) < 4.78 is 0. The van der Waals surface area contributed by atoms with Gasteiger partial charge in [0.25, 0.3) is 0 Å². The van der Waals surface area contributed by atoms with E-state index in [1.807, 2.05) is 18.0 Å². The van der Waals surface area contributed by atoms with Crippen molar-refractivity contribution in [2.24, 2.45) is 5.92 Å². The number of hydrogen-bond acceptors (Lipinski definition) is 4. The zero-order chi connectivity index (χ0) is 14.4. The van der Waals surface area contributed by atoms with E-state index in [1.54, 1.807) is 0 Å². The molecular weight excluding hydrogens is 272 g/mol. The summed E-state index contributed by atoms with van der Waals surface area (Å²) in [6, 6.07) is 4.51. The van der Waals surface area contributed by atoms with E-state index >= 15 is 0 Å². The van der Waals surface area contributed by atoms with E-state index in [9.17, 15) is 4.79 Å². The number of carbonyl (C=O) groups is 1. The molecule has 0 saturated heterocycles. The topological polar surface area (TPSA) is 62.2 Å². The van der Waals surface area contributed by atoms with Gasteiger partial charge in [0.05, 0.1) is 5.92 Å². The van der Waals surface area contributed by atoms with Crippen molar-refractivity contribution in [2.45, 2.75) is 44.4 Å². The predicted molar refractivity (Wildman–Crippen MR) is 83.1 cm³/mol. The highest BCUT2D eigenvalue weighted by molar-refractivity contribution is 7.98. The minimum Gasteiger partial charge on any atom is -0.481 e. The van der Waals surface area contributed by atoms with E-state index in [4.69, 9.17) is 5.11 Å². The van der Waals surface area contributed by atoms with Crippen LogP contribution in [0.5, 0.6) is 0 Å². The normalized spacial score (nSPS) is 22.4. The van der Waals surface area contributed by atoms with Crippen LogP contribution < -0.4 is 5.32 Å². The maximum absolute atomic E-state index is 10.9. The number of anilines is 1. The zero-order valence-corrected chi connectivity index (χ0v) is 12.7. The van der Waals surface area contributed by atoms with Gasteiger partial charge in [-0.05, 0) is 49.1 Å².